The zero-order valence-electron chi connectivity index (χ0n) is 10.9. The van der Waals surface area contributed by atoms with Crippen molar-refractivity contribution in [1.29, 1.82) is 0 Å². The van der Waals surface area contributed by atoms with Crippen LogP contribution in [0.4, 0.5) is 4.39 Å². The maximum atomic E-state index is 13.7. The van der Waals surface area contributed by atoms with Crippen molar-refractivity contribution in [3.8, 4) is 5.75 Å². The Hall–Kier alpha value is -1.92. The summed E-state index contributed by atoms with van der Waals surface area (Å²) in [7, 11) is 3.36. The lowest BCUT2D eigenvalue weighted by atomic mass is 10.0. The first-order valence-corrected chi connectivity index (χ1v) is 5.92. The number of aromatic nitrogens is 2. The molecule has 0 saturated carbocycles. The van der Waals surface area contributed by atoms with Crippen LogP contribution in [-0.4, -0.2) is 16.9 Å². The van der Waals surface area contributed by atoms with Crippen molar-refractivity contribution >= 4 is 0 Å². The van der Waals surface area contributed by atoms with E-state index < -0.39 is 0 Å². The number of hydrogen-bond donors (Lipinski definition) is 2. The minimum atomic E-state index is -0.278. The lowest BCUT2D eigenvalue weighted by molar-refractivity contribution is 0.393. The van der Waals surface area contributed by atoms with E-state index in [-0.39, 0.29) is 11.9 Å². The van der Waals surface area contributed by atoms with Crippen molar-refractivity contribution in [3.63, 3.8) is 0 Å². The van der Waals surface area contributed by atoms with E-state index in [1.54, 1.807) is 43.2 Å². The fourth-order valence-electron chi connectivity index (χ4n) is 2.10. The molecule has 6 heteroatoms. The number of nitrogens with zero attached hydrogens (tertiary/aromatic N) is 2. The number of nitrogens with two attached hydrogens (primary N) is 1. The number of nitrogens with one attached hydrogen (secondary N) is 1. The van der Waals surface area contributed by atoms with Crippen molar-refractivity contribution in [2.75, 3.05) is 7.11 Å². The summed E-state index contributed by atoms with van der Waals surface area (Å²) in [4.78, 5) is 0. The summed E-state index contributed by atoms with van der Waals surface area (Å²) >= 11 is 0. The highest BCUT2D eigenvalue weighted by Crippen LogP contribution is 2.27. The summed E-state index contributed by atoms with van der Waals surface area (Å²) in [5, 5.41) is 4.12. The van der Waals surface area contributed by atoms with Crippen LogP contribution in [0.1, 0.15) is 17.3 Å². The molecule has 1 aromatic heterocycles. The highest BCUT2D eigenvalue weighted by molar-refractivity contribution is 5.30. The molecule has 1 heterocycles. The Morgan fingerprint density at radius 2 is 2.21 bits per heavy atom. The first kappa shape index (κ1) is 13.5. The highest BCUT2D eigenvalue weighted by Gasteiger charge is 2.21. The molecule has 3 N–H and O–H groups in total. The van der Waals surface area contributed by atoms with Crippen molar-refractivity contribution in [2.45, 2.75) is 12.5 Å². The van der Waals surface area contributed by atoms with Crippen molar-refractivity contribution in [1.82, 2.24) is 15.2 Å². The Bertz CT molecular complexity index is 555. The third-order valence-corrected chi connectivity index (χ3v) is 3.08. The van der Waals surface area contributed by atoms with Crippen LogP contribution in [0.15, 0.2) is 30.5 Å². The zero-order chi connectivity index (χ0) is 13.8. The van der Waals surface area contributed by atoms with E-state index in [1.165, 1.54) is 6.07 Å². The molecule has 0 aliphatic rings. The van der Waals surface area contributed by atoms with E-state index >= 15 is 0 Å². The van der Waals surface area contributed by atoms with Gasteiger partial charge in [-0.1, -0.05) is 18.2 Å². The van der Waals surface area contributed by atoms with Gasteiger partial charge in [-0.05, 0) is 18.1 Å². The quantitative estimate of drug-likeness (QED) is 0.631. The maximum absolute atomic E-state index is 13.7. The Kier molecular flexibility index (Phi) is 4.13. The molecule has 102 valence electrons. The van der Waals surface area contributed by atoms with E-state index in [0.29, 0.717) is 17.7 Å². The van der Waals surface area contributed by atoms with Crippen LogP contribution in [0.5, 0.6) is 5.75 Å². The molecule has 0 spiro atoms. The van der Waals surface area contributed by atoms with Crippen LogP contribution < -0.4 is 16.0 Å². The molecule has 2 aromatic rings. The van der Waals surface area contributed by atoms with Gasteiger partial charge in [-0.15, -0.1) is 0 Å². The summed E-state index contributed by atoms with van der Waals surface area (Å²) in [5.41, 5.74) is 4.07. The van der Waals surface area contributed by atoms with Crippen LogP contribution in [0, 0.1) is 5.82 Å². The molecular formula is C13H17FN4O. The van der Waals surface area contributed by atoms with E-state index in [4.69, 9.17) is 10.6 Å². The lowest BCUT2D eigenvalue weighted by Crippen LogP contribution is -2.31. The normalized spacial score (nSPS) is 12.4. The Morgan fingerprint density at radius 1 is 1.47 bits per heavy atom. The van der Waals surface area contributed by atoms with Gasteiger partial charge in [0.1, 0.15) is 5.82 Å². The Balaban J connectivity index is 2.30. The molecule has 5 nitrogen and oxygen atoms in total. The Morgan fingerprint density at radius 3 is 2.84 bits per heavy atom. The molecule has 0 radical (unpaired) electrons. The number of hydrogen-bond acceptors (Lipinski definition) is 4. The fourth-order valence-corrected chi connectivity index (χ4v) is 2.10. The summed E-state index contributed by atoms with van der Waals surface area (Å²) in [6.07, 6.45) is 2.03. The number of methoxy groups -OCH3 is 1. The van der Waals surface area contributed by atoms with Gasteiger partial charge in [-0.2, -0.15) is 5.10 Å². The first-order chi connectivity index (χ1) is 9.17. The number of rotatable bonds is 5. The first-order valence-electron chi connectivity index (χ1n) is 5.92. The van der Waals surface area contributed by atoms with E-state index in [2.05, 4.69) is 10.5 Å². The fraction of sp³-hybridized carbons (Fsp3) is 0.308. The molecule has 0 aliphatic heterocycles. The molecule has 1 unspecified atom stereocenters. The summed E-state index contributed by atoms with van der Waals surface area (Å²) in [5.74, 6) is 5.97. The molecule has 0 saturated heterocycles. The molecule has 2 rings (SSSR count). The second kappa shape index (κ2) is 5.81. The molecule has 0 bridgehead atoms. The molecule has 1 atom stereocenters. The van der Waals surface area contributed by atoms with Gasteiger partial charge < -0.3 is 4.74 Å². The third-order valence-electron chi connectivity index (χ3n) is 3.08. The second-order valence-electron chi connectivity index (χ2n) is 4.24. The van der Waals surface area contributed by atoms with Crippen LogP contribution in [-0.2, 0) is 13.5 Å². The van der Waals surface area contributed by atoms with Gasteiger partial charge in [0.25, 0.3) is 0 Å². The molecule has 0 amide bonds. The number of benzene rings is 1. The number of hydrazine groups is 1. The largest absolute Gasteiger partial charge is 0.493 e. The van der Waals surface area contributed by atoms with Gasteiger partial charge >= 0.3 is 0 Å². The maximum Gasteiger partial charge on any atom is 0.161 e. The lowest BCUT2D eigenvalue weighted by Gasteiger charge is -2.18. The van der Waals surface area contributed by atoms with Crippen LogP contribution in [0.2, 0.25) is 0 Å². The summed E-state index contributed by atoms with van der Waals surface area (Å²) in [6.45, 7) is 0. The Labute approximate surface area is 111 Å². The number of ether oxygens (including phenoxy) is 1. The summed E-state index contributed by atoms with van der Waals surface area (Å²) < 4.78 is 20.6. The smallest absolute Gasteiger partial charge is 0.161 e. The van der Waals surface area contributed by atoms with Gasteiger partial charge in [0.2, 0.25) is 0 Å². The van der Waals surface area contributed by atoms with E-state index in [0.717, 1.165) is 5.69 Å². The van der Waals surface area contributed by atoms with Crippen molar-refractivity contribution in [3.05, 3.63) is 47.5 Å². The monoisotopic (exact) mass is 264 g/mol. The molecule has 0 aliphatic carbocycles. The molecule has 0 fully saturated rings. The van der Waals surface area contributed by atoms with Crippen LogP contribution in [0.3, 0.4) is 0 Å². The third kappa shape index (κ3) is 2.74. The minimum Gasteiger partial charge on any atom is -0.493 e. The van der Waals surface area contributed by atoms with Crippen LogP contribution in [0.25, 0.3) is 0 Å². The van der Waals surface area contributed by atoms with Gasteiger partial charge in [0.15, 0.2) is 5.75 Å². The molecular weight excluding hydrogens is 247 g/mol. The SMILES string of the molecule is COc1cnn(C)c1C(Cc1ccccc1F)NN. The molecule has 19 heavy (non-hydrogen) atoms. The molecule has 1 aromatic carbocycles. The van der Waals surface area contributed by atoms with Gasteiger partial charge in [-0.3, -0.25) is 16.0 Å². The van der Waals surface area contributed by atoms with Crippen molar-refractivity contribution in [2.24, 2.45) is 12.9 Å². The van der Waals surface area contributed by atoms with E-state index in [1.807, 2.05) is 0 Å². The predicted molar refractivity (Wildman–Crippen MR) is 69.9 cm³/mol. The second-order valence-corrected chi connectivity index (χ2v) is 4.24. The highest BCUT2D eigenvalue weighted by atomic mass is 19.1. The predicted octanol–water partition coefficient (Wildman–Crippen LogP) is 1.31. The summed E-state index contributed by atoms with van der Waals surface area (Å²) in [6, 6.07) is 6.35. The van der Waals surface area contributed by atoms with Gasteiger partial charge in [0.05, 0.1) is 25.0 Å². The number of aryl methyl sites for hydroxylation is 1. The average molecular weight is 264 g/mol. The number of halogens is 1. The topological polar surface area (TPSA) is 65.1 Å². The average Bonchev–Trinajstić information content (AvgIpc) is 2.79. The van der Waals surface area contributed by atoms with Crippen LogP contribution >= 0.6 is 0 Å². The van der Waals surface area contributed by atoms with Gasteiger partial charge in [0, 0.05) is 7.05 Å². The van der Waals surface area contributed by atoms with E-state index in [9.17, 15) is 4.39 Å². The van der Waals surface area contributed by atoms with Gasteiger partial charge in [-0.25, -0.2) is 4.39 Å². The standard InChI is InChI=1S/C13H17FN4O/c1-18-13(12(19-2)8-16-18)11(17-15)7-9-5-3-4-6-10(9)14/h3-6,8,11,17H,7,15H2,1-2H3. The minimum absolute atomic E-state index is 0.246. The van der Waals surface area contributed by atoms with Crippen molar-refractivity contribution < 1.29 is 9.13 Å². The zero-order valence-corrected chi connectivity index (χ0v) is 10.9.